The molecule has 1 aliphatic carbocycles. The summed E-state index contributed by atoms with van der Waals surface area (Å²) in [5.74, 6) is 0. The van der Waals surface area contributed by atoms with E-state index in [1.54, 1.807) is 0 Å². The molecule has 4 heteroatoms. The van der Waals surface area contributed by atoms with Crippen LogP contribution in [0.15, 0.2) is 200 Å². The fourth-order valence-electron chi connectivity index (χ4n) is 7.80. The van der Waals surface area contributed by atoms with Crippen LogP contribution in [0.4, 0.5) is 17.1 Å². The molecule has 9 aromatic rings. The predicted molar refractivity (Wildman–Crippen MR) is 252 cm³/mol. The van der Waals surface area contributed by atoms with Gasteiger partial charge in [-0.05, 0) is 95.9 Å². The second-order valence-corrected chi connectivity index (χ2v) is 13.8. The second kappa shape index (κ2) is 17.9. The van der Waals surface area contributed by atoms with E-state index in [-0.39, 0.29) is 0 Å². The highest BCUT2D eigenvalue weighted by Gasteiger charge is 2.19. The average molecular weight is 765 g/mol. The normalized spacial score (nSPS) is 11.5. The summed E-state index contributed by atoms with van der Waals surface area (Å²) >= 11 is 0. The summed E-state index contributed by atoms with van der Waals surface area (Å²) in [5, 5.41) is 1.30. The molecule has 0 N–H and O–H groups in total. The molecular formula is C55H48N4. The Kier molecular flexibility index (Phi) is 11.7. The van der Waals surface area contributed by atoms with Gasteiger partial charge in [-0.15, -0.1) is 0 Å². The van der Waals surface area contributed by atoms with Crippen molar-refractivity contribution in [3.63, 3.8) is 0 Å². The van der Waals surface area contributed by atoms with Crippen LogP contribution in [-0.2, 0) is 6.42 Å². The number of para-hydroxylation sites is 4. The third-order valence-corrected chi connectivity index (χ3v) is 10.5. The fraction of sp³-hybridized carbons (Fsp3) is 0.0909. The monoisotopic (exact) mass is 764 g/mol. The Morgan fingerprint density at radius 3 is 1.54 bits per heavy atom. The number of hydrogen-bond acceptors (Lipinski definition) is 3. The molecule has 7 aromatic carbocycles. The van der Waals surface area contributed by atoms with Crippen LogP contribution in [0.5, 0.6) is 0 Å². The zero-order valence-electron chi connectivity index (χ0n) is 34.1. The molecule has 0 unspecified atom stereocenters. The van der Waals surface area contributed by atoms with Gasteiger partial charge in [-0.3, -0.25) is 0 Å². The van der Waals surface area contributed by atoms with Crippen LogP contribution in [0.1, 0.15) is 39.0 Å². The van der Waals surface area contributed by atoms with Crippen molar-refractivity contribution in [2.45, 2.75) is 34.1 Å². The summed E-state index contributed by atoms with van der Waals surface area (Å²) in [5.41, 5.74) is 16.2. The molecule has 0 bridgehead atoms. The van der Waals surface area contributed by atoms with Gasteiger partial charge in [0.1, 0.15) is 0 Å². The van der Waals surface area contributed by atoms with Crippen molar-refractivity contribution in [1.82, 2.24) is 14.5 Å². The van der Waals surface area contributed by atoms with E-state index >= 15 is 0 Å². The van der Waals surface area contributed by atoms with Crippen molar-refractivity contribution < 1.29 is 0 Å². The van der Waals surface area contributed by atoms with E-state index < -0.39 is 0 Å². The van der Waals surface area contributed by atoms with Gasteiger partial charge in [0.2, 0.25) is 0 Å². The number of aromatic nitrogens is 3. The molecule has 1 aliphatic rings. The van der Waals surface area contributed by atoms with Crippen LogP contribution in [0.3, 0.4) is 0 Å². The minimum Gasteiger partial charge on any atom is -0.311 e. The zero-order chi connectivity index (χ0) is 40.6. The number of benzene rings is 7. The van der Waals surface area contributed by atoms with E-state index in [1.165, 1.54) is 22.2 Å². The van der Waals surface area contributed by atoms with Crippen LogP contribution < -0.4 is 4.90 Å². The quantitative estimate of drug-likeness (QED) is 0.162. The first-order chi connectivity index (χ1) is 29.3. The Balaban J connectivity index is 0.00000118. The number of nitrogens with zero attached hydrogens (tertiary/aromatic N) is 4. The molecule has 0 amide bonds. The SMILES string of the molecule is C1=CCc2c(n(-c3ccc(N(c4ccccc4)c4ccc(-c5ccc(-c6nc7ccccc7nc6-c6ccccc6)cc5)cc4)cc3)c3ccccc23)C=C1.CC.CC. The largest absolute Gasteiger partial charge is 0.311 e. The molecule has 59 heavy (non-hydrogen) atoms. The molecule has 0 spiro atoms. The van der Waals surface area contributed by atoms with Gasteiger partial charge in [0.25, 0.3) is 0 Å². The molecule has 2 heterocycles. The minimum atomic E-state index is 0.880. The topological polar surface area (TPSA) is 34.0 Å². The number of hydrogen-bond donors (Lipinski definition) is 0. The number of rotatable bonds is 7. The molecular weight excluding hydrogens is 717 g/mol. The molecule has 0 aliphatic heterocycles. The van der Waals surface area contributed by atoms with Crippen LogP contribution in [0, 0.1) is 0 Å². The summed E-state index contributed by atoms with van der Waals surface area (Å²) in [6, 6.07) is 64.1. The maximum atomic E-state index is 5.09. The third kappa shape index (κ3) is 7.73. The Morgan fingerprint density at radius 2 is 0.915 bits per heavy atom. The van der Waals surface area contributed by atoms with E-state index in [4.69, 9.17) is 9.97 Å². The Hall–Kier alpha value is -7.30. The predicted octanol–water partition coefficient (Wildman–Crippen LogP) is 15.2. The smallest absolute Gasteiger partial charge is 0.0973 e. The van der Waals surface area contributed by atoms with Crippen molar-refractivity contribution in [2.75, 3.05) is 4.90 Å². The zero-order valence-corrected chi connectivity index (χ0v) is 34.1. The molecule has 0 saturated heterocycles. The third-order valence-electron chi connectivity index (χ3n) is 10.5. The van der Waals surface area contributed by atoms with Crippen molar-refractivity contribution >= 4 is 45.1 Å². The highest BCUT2D eigenvalue weighted by Crippen LogP contribution is 2.38. The molecule has 0 atom stereocenters. The Bertz CT molecular complexity index is 2850. The van der Waals surface area contributed by atoms with Crippen LogP contribution in [0.25, 0.3) is 67.3 Å². The summed E-state index contributed by atoms with van der Waals surface area (Å²) < 4.78 is 2.39. The van der Waals surface area contributed by atoms with Crippen LogP contribution in [-0.4, -0.2) is 14.5 Å². The van der Waals surface area contributed by atoms with Gasteiger partial charge in [0.15, 0.2) is 0 Å². The molecule has 4 nitrogen and oxygen atoms in total. The van der Waals surface area contributed by atoms with Crippen molar-refractivity contribution in [3.05, 3.63) is 211 Å². The number of anilines is 3. The van der Waals surface area contributed by atoms with E-state index in [0.29, 0.717) is 0 Å². The van der Waals surface area contributed by atoms with E-state index in [0.717, 1.165) is 73.8 Å². The molecule has 0 saturated carbocycles. The van der Waals surface area contributed by atoms with E-state index in [2.05, 4.69) is 173 Å². The van der Waals surface area contributed by atoms with Gasteiger partial charge in [-0.2, -0.15) is 0 Å². The second-order valence-electron chi connectivity index (χ2n) is 13.8. The molecule has 10 rings (SSSR count). The van der Waals surface area contributed by atoms with Gasteiger partial charge in [0.05, 0.1) is 33.6 Å². The minimum absolute atomic E-state index is 0.880. The van der Waals surface area contributed by atoms with Crippen LogP contribution >= 0.6 is 0 Å². The van der Waals surface area contributed by atoms with Gasteiger partial charge < -0.3 is 9.47 Å². The first kappa shape index (κ1) is 38.6. The first-order valence-electron chi connectivity index (χ1n) is 20.7. The van der Waals surface area contributed by atoms with Crippen molar-refractivity contribution in [1.29, 1.82) is 0 Å². The lowest BCUT2D eigenvalue weighted by molar-refractivity contribution is 1.08. The van der Waals surface area contributed by atoms with Gasteiger partial charge >= 0.3 is 0 Å². The molecule has 0 fully saturated rings. The van der Waals surface area contributed by atoms with Crippen LogP contribution in [0.2, 0.25) is 0 Å². The molecule has 2 aromatic heterocycles. The summed E-state index contributed by atoms with van der Waals surface area (Å²) in [4.78, 5) is 12.5. The highest BCUT2D eigenvalue weighted by molar-refractivity contribution is 5.91. The van der Waals surface area contributed by atoms with Gasteiger partial charge in [-0.1, -0.05) is 161 Å². The van der Waals surface area contributed by atoms with Gasteiger partial charge in [0, 0.05) is 39.3 Å². The number of fused-ring (bicyclic) bond motifs is 4. The Labute approximate surface area is 348 Å². The van der Waals surface area contributed by atoms with Gasteiger partial charge in [-0.25, -0.2) is 9.97 Å². The Morgan fingerprint density at radius 1 is 0.441 bits per heavy atom. The summed E-state index contributed by atoms with van der Waals surface area (Å²) in [6.45, 7) is 8.00. The lowest BCUT2D eigenvalue weighted by atomic mass is 9.99. The fourth-order valence-corrected chi connectivity index (χ4v) is 7.80. The standard InChI is InChI=1S/C51H36N4.2C2H6/c1-4-14-38(15-5-1)50-51(53-47-21-12-11-20-46(47)52-50)39-26-24-36(25-27-39)37-28-30-41(31-29-37)54(40-16-6-2-7-17-40)42-32-34-43(35-33-42)55-48-22-9-3-8-18-44(48)45-19-10-13-23-49(45)55;2*1-2/h1-17,19-35H,18H2;2*1-2H3. The van der Waals surface area contributed by atoms with E-state index in [1.807, 2.05) is 70.2 Å². The number of allylic oxidation sites excluding steroid dienone is 3. The van der Waals surface area contributed by atoms with Crippen molar-refractivity contribution in [3.8, 4) is 39.3 Å². The maximum Gasteiger partial charge on any atom is 0.0973 e. The summed E-state index contributed by atoms with van der Waals surface area (Å²) in [6.07, 6.45) is 9.68. The summed E-state index contributed by atoms with van der Waals surface area (Å²) in [7, 11) is 0. The van der Waals surface area contributed by atoms with Crippen molar-refractivity contribution in [2.24, 2.45) is 0 Å². The lowest BCUT2D eigenvalue weighted by Gasteiger charge is -2.26. The van der Waals surface area contributed by atoms with E-state index in [9.17, 15) is 0 Å². The average Bonchev–Trinajstić information content (AvgIpc) is 3.44. The maximum absolute atomic E-state index is 5.09. The molecule has 288 valence electrons. The molecule has 0 radical (unpaired) electrons. The lowest BCUT2D eigenvalue weighted by Crippen LogP contribution is -2.10. The first-order valence-corrected chi connectivity index (χ1v) is 20.7. The highest BCUT2D eigenvalue weighted by atomic mass is 15.1.